The fourth-order valence-electron chi connectivity index (χ4n) is 3.76. The van der Waals surface area contributed by atoms with Gasteiger partial charge in [0.25, 0.3) is 0 Å². The Balaban J connectivity index is 1.46. The van der Waals surface area contributed by atoms with E-state index in [1.54, 1.807) is 7.11 Å². The minimum Gasteiger partial charge on any atom is -0.496 e. The Morgan fingerprint density at radius 1 is 1.19 bits per heavy atom. The lowest BCUT2D eigenvalue weighted by molar-refractivity contribution is 0.240. The molecule has 0 aromatic heterocycles. The number of fused-ring (bicyclic) bond motifs is 1. The molecule has 1 atom stereocenters. The van der Waals surface area contributed by atoms with Gasteiger partial charge >= 0.3 is 6.03 Å². The van der Waals surface area contributed by atoms with E-state index in [-0.39, 0.29) is 6.03 Å². The highest BCUT2D eigenvalue weighted by atomic mass is 16.5. The van der Waals surface area contributed by atoms with Crippen LogP contribution in [0.5, 0.6) is 5.75 Å². The van der Waals surface area contributed by atoms with Gasteiger partial charge in [-0.05, 0) is 55.4 Å². The van der Waals surface area contributed by atoms with Crippen LogP contribution in [0.3, 0.4) is 0 Å². The molecule has 2 N–H and O–H groups in total. The first-order valence-electron chi connectivity index (χ1n) is 9.40. The third kappa shape index (κ3) is 4.57. The number of urea groups is 1. The van der Waals surface area contributed by atoms with Crippen LogP contribution >= 0.6 is 0 Å². The quantitative estimate of drug-likeness (QED) is 0.827. The van der Waals surface area contributed by atoms with E-state index in [0.29, 0.717) is 19.0 Å². The van der Waals surface area contributed by atoms with Crippen LogP contribution in [0.4, 0.5) is 4.79 Å². The fraction of sp³-hybridized carbons (Fsp3) is 0.409. The maximum Gasteiger partial charge on any atom is 0.314 e. The van der Waals surface area contributed by atoms with Gasteiger partial charge in [0.05, 0.1) is 7.11 Å². The van der Waals surface area contributed by atoms with Crippen LogP contribution in [0.25, 0.3) is 0 Å². The summed E-state index contributed by atoms with van der Waals surface area (Å²) < 4.78 is 5.39. The molecule has 1 unspecified atom stereocenters. The van der Waals surface area contributed by atoms with Gasteiger partial charge in [0.15, 0.2) is 0 Å². The number of hydrogen-bond donors (Lipinski definition) is 2. The smallest absolute Gasteiger partial charge is 0.314 e. The standard InChI is InChI=1S/C22H28N2O2/c1-16-10-11-21(26-2)18(14-16)12-13-23-22(25)24-15-19-8-5-7-17-6-3-4-9-20(17)19/h3-4,6,9-11,14,19H,5,7-8,12-13,15H2,1-2H3,(H2,23,24,25). The second kappa shape index (κ2) is 8.75. The van der Waals surface area contributed by atoms with E-state index in [2.05, 4.69) is 47.9 Å². The van der Waals surface area contributed by atoms with Gasteiger partial charge in [-0.3, -0.25) is 0 Å². The lowest BCUT2D eigenvalue weighted by Gasteiger charge is -2.25. The van der Waals surface area contributed by atoms with Crippen molar-refractivity contribution in [2.45, 2.75) is 38.5 Å². The van der Waals surface area contributed by atoms with Crippen molar-refractivity contribution in [2.24, 2.45) is 0 Å². The summed E-state index contributed by atoms with van der Waals surface area (Å²) in [5.74, 6) is 1.29. The molecule has 0 saturated heterocycles. The first kappa shape index (κ1) is 18.3. The molecule has 0 saturated carbocycles. The normalized spacial score (nSPS) is 15.8. The largest absolute Gasteiger partial charge is 0.496 e. The molecular formula is C22H28N2O2. The third-order valence-electron chi connectivity index (χ3n) is 5.12. The molecule has 0 spiro atoms. The Kier molecular flexibility index (Phi) is 6.16. The molecule has 1 aliphatic carbocycles. The van der Waals surface area contributed by atoms with Crippen molar-refractivity contribution >= 4 is 6.03 Å². The lowest BCUT2D eigenvalue weighted by Crippen LogP contribution is -2.39. The maximum atomic E-state index is 12.2. The van der Waals surface area contributed by atoms with Crippen molar-refractivity contribution in [1.82, 2.24) is 10.6 Å². The van der Waals surface area contributed by atoms with Crippen LogP contribution in [0.1, 0.15) is 41.0 Å². The molecule has 0 bridgehead atoms. The predicted molar refractivity (Wildman–Crippen MR) is 105 cm³/mol. The highest BCUT2D eigenvalue weighted by Gasteiger charge is 2.20. The van der Waals surface area contributed by atoms with Gasteiger partial charge in [-0.1, -0.05) is 42.0 Å². The number of aryl methyl sites for hydroxylation is 2. The molecule has 4 nitrogen and oxygen atoms in total. The molecule has 4 heteroatoms. The molecule has 1 aliphatic rings. The average Bonchev–Trinajstić information content (AvgIpc) is 2.66. The average molecular weight is 352 g/mol. The molecule has 0 heterocycles. The van der Waals surface area contributed by atoms with Crippen LogP contribution < -0.4 is 15.4 Å². The number of hydrogen-bond acceptors (Lipinski definition) is 2. The van der Waals surface area contributed by atoms with Crippen LogP contribution in [0.15, 0.2) is 42.5 Å². The van der Waals surface area contributed by atoms with Gasteiger partial charge in [0, 0.05) is 19.0 Å². The summed E-state index contributed by atoms with van der Waals surface area (Å²) in [6, 6.07) is 14.6. The molecule has 0 fully saturated rings. The van der Waals surface area contributed by atoms with Gasteiger partial charge in [-0.25, -0.2) is 4.79 Å². The minimum atomic E-state index is -0.0975. The summed E-state index contributed by atoms with van der Waals surface area (Å²) in [7, 11) is 1.68. The topological polar surface area (TPSA) is 50.4 Å². The predicted octanol–water partition coefficient (Wildman–Crippen LogP) is 3.97. The zero-order chi connectivity index (χ0) is 18.4. The lowest BCUT2D eigenvalue weighted by atomic mass is 9.83. The SMILES string of the molecule is COc1ccc(C)cc1CCNC(=O)NCC1CCCc2ccccc21. The van der Waals surface area contributed by atoms with E-state index in [4.69, 9.17) is 4.74 Å². The van der Waals surface area contributed by atoms with Crippen molar-refractivity contribution in [2.75, 3.05) is 20.2 Å². The molecule has 0 radical (unpaired) electrons. The summed E-state index contributed by atoms with van der Waals surface area (Å²) in [5.41, 5.74) is 5.14. The zero-order valence-corrected chi connectivity index (χ0v) is 15.7. The summed E-state index contributed by atoms with van der Waals surface area (Å²) in [4.78, 5) is 12.2. The van der Waals surface area contributed by atoms with E-state index >= 15 is 0 Å². The minimum absolute atomic E-state index is 0.0975. The first-order chi connectivity index (χ1) is 12.7. The van der Waals surface area contributed by atoms with Gasteiger partial charge < -0.3 is 15.4 Å². The van der Waals surface area contributed by atoms with Crippen molar-refractivity contribution in [3.05, 3.63) is 64.7 Å². The summed E-state index contributed by atoms with van der Waals surface area (Å²) >= 11 is 0. The molecule has 0 aliphatic heterocycles. The number of carbonyl (C=O) groups excluding carboxylic acids is 1. The number of methoxy groups -OCH3 is 1. The zero-order valence-electron chi connectivity index (χ0n) is 15.7. The first-order valence-corrected chi connectivity index (χ1v) is 9.40. The van der Waals surface area contributed by atoms with Crippen LogP contribution in [0.2, 0.25) is 0 Å². The monoisotopic (exact) mass is 352 g/mol. The molecule has 2 aromatic carbocycles. The number of carbonyl (C=O) groups is 1. The second-order valence-electron chi connectivity index (χ2n) is 6.99. The number of benzene rings is 2. The van der Waals surface area contributed by atoms with Crippen LogP contribution in [-0.2, 0) is 12.8 Å². The van der Waals surface area contributed by atoms with E-state index in [0.717, 1.165) is 30.6 Å². The Hall–Kier alpha value is -2.49. The highest BCUT2D eigenvalue weighted by Crippen LogP contribution is 2.30. The summed E-state index contributed by atoms with van der Waals surface area (Å²) in [6.07, 6.45) is 4.23. The van der Waals surface area contributed by atoms with Crippen LogP contribution in [-0.4, -0.2) is 26.2 Å². The Labute approximate surface area is 156 Å². The number of nitrogens with one attached hydrogen (secondary N) is 2. The number of ether oxygens (including phenoxy) is 1. The fourth-order valence-corrected chi connectivity index (χ4v) is 3.76. The maximum absolute atomic E-state index is 12.2. The van der Waals surface area contributed by atoms with Crippen molar-refractivity contribution < 1.29 is 9.53 Å². The van der Waals surface area contributed by atoms with Gasteiger partial charge in [-0.2, -0.15) is 0 Å². The van der Waals surface area contributed by atoms with Crippen molar-refractivity contribution in [1.29, 1.82) is 0 Å². The van der Waals surface area contributed by atoms with Crippen molar-refractivity contribution in [3.63, 3.8) is 0 Å². The van der Waals surface area contributed by atoms with Crippen LogP contribution in [0, 0.1) is 6.92 Å². The van der Waals surface area contributed by atoms with Crippen molar-refractivity contribution in [3.8, 4) is 5.75 Å². The Morgan fingerprint density at radius 3 is 2.88 bits per heavy atom. The van der Waals surface area contributed by atoms with Gasteiger partial charge in [-0.15, -0.1) is 0 Å². The van der Waals surface area contributed by atoms with E-state index < -0.39 is 0 Å². The highest BCUT2D eigenvalue weighted by molar-refractivity contribution is 5.73. The number of rotatable bonds is 6. The summed E-state index contributed by atoms with van der Waals surface area (Å²) in [5, 5.41) is 6.00. The molecular weight excluding hydrogens is 324 g/mol. The molecule has 138 valence electrons. The van der Waals surface area contributed by atoms with E-state index in [9.17, 15) is 4.79 Å². The number of amides is 2. The van der Waals surface area contributed by atoms with E-state index in [1.165, 1.54) is 23.1 Å². The molecule has 2 aromatic rings. The Morgan fingerprint density at radius 2 is 2.04 bits per heavy atom. The van der Waals surface area contributed by atoms with Gasteiger partial charge in [0.1, 0.15) is 5.75 Å². The molecule has 2 amide bonds. The van der Waals surface area contributed by atoms with E-state index in [1.807, 2.05) is 12.1 Å². The van der Waals surface area contributed by atoms with Gasteiger partial charge in [0.2, 0.25) is 0 Å². The summed E-state index contributed by atoms with van der Waals surface area (Å²) in [6.45, 7) is 3.34. The second-order valence-corrected chi connectivity index (χ2v) is 6.99. The third-order valence-corrected chi connectivity index (χ3v) is 5.12. The molecule has 3 rings (SSSR count). The Bertz CT molecular complexity index is 758. The molecule has 26 heavy (non-hydrogen) atoms.